The van der Waals surface area contributed by atoms with Crippen LogP contribution in [-0.2, 0) is 6.42 Å². The molecular weight excluding hydrogens is 276 g/mol. The van der Waals surface area contributed by atoms with Crippen LogP contribution in [0.15, 0.2) is 18.2 Å². The molecule has 2 nitrogen and oxygen atoms in total. The highest BCUT2D eigenvalue weighted by Crippen LogP contribution is 2.27. The Kier molecular flexibility index (Phi) is 7.05. The van der Waals surface area contributed by atoms with Gasteiger partial charge in [-0.1, -0.05) is 18.5 Å². The second-order valence-corrected chi connectivity index (χ2v) is 6.41. The average molecular weight is 301 g/mol. The van der Waals surface area contributed by atoms with Crippen LogP contribution in [0.25, 0.3) is 0 Å². The van der Waals surface area contributed by atoms with Crippen LogP contribution in [0.5, 0.6) is 0 Å². The Bertz CT molecular complexity index is 398. The van der Waals surface area contributed by atoms with Crippen molar-refractivity contribution in [3.05, 3.63) is 28.8 Å². The lowest BCUT2D eigenvalue weighted by molar-refractivity contribution is 0.643. The van der Waals surface area contributed by atoms with Crippen LogP contribution in [0.3, 0.4) is 0 Å². The van der Waals surface area contributed by atoms with Gasteiger partial charge in [-0.05, 0) is 49.8 Å². The fraction of sp³-hybridized carbons (Fsp3) is 0.600. The van der Waals surface area contributed by atoms with Crippen molar-refractivity contribution in [1.29, 1.82) is 0 Å². The molecule has 0 fully saturated rings. The number of nitrogens with two attached hydrogens (primary N) is 1. The van der Waals surface area contributed by atoms with Crippen molar-refractivity contribution in [1.82, 2.24) is 0 Å². The van der Waals surface area contributed by atoms with Gasteiger partial charge in [-0.3, -0.25) is 0 Å². The van der Waals surface area contributed by atoms with Gasteiger partial charge in [0.05, 0.1) is 0 Å². The maximum atomic E-state index is 6.13. The van der Waals surface area contributed by atoms with Crippen molar-refractivity contribution in [2.45, 2.75) is 38.8 Å². The van der Waals surface area contributed by atoms with Gasteiger partial charge < -0.3 is 10.6 Å². The van der Waals surface area contributed by atoms with Crippen LogP contribution >= 0.6 is 23.4 Å². The van der Waals surface area contributed by atoms with E-state index < -0.39 is 0 Å². The molecular formula is C15H25ClN2S. The first-order valence-electron chi connectivity index (χ1n) is 6.75. The third kappa shape index (κ3) is 4.90. The molecule has 2 unspecified atom stereocenters. The monoisotopic (exact) mass is 300 g/mol. The molecule has 0 saturated carbocycles. The molecule has 0 heterocycles. The van der Waals surface area contributed by atoms with Gasteiger partial charge in [0.25, 0.3) is 0 Å². The summed E-state index contributed by atoms with van der Waals surface area (Å²) in [6.45, 7) is 4.36. The lowest BCUT2D eigenvalue weighted by atomic mass is 10.0. The van der Waals surface area contributed by atoms with E-state index in [4.69, 9.17) is 17.3 Å². The normalized spacial score (nSPS) is 14.2. The van der Waals surface area contributed by atoms with Gasteiger partial charge in [-0.25, -0.2) is 0 Å². The van der Waals surface area contributed by atoms with Crippen LogP contribution in [-0.4, -0.2) is 31.1 Å². The molecule has 0 spiro atoms. The average Bonchev–Trinajstić information content (AvgIpc) is 2.38. The standard InChI is InChI=1S/C15H25ClN2S/c1-5-14(17)9-12-8-13(16)6-7-15(12)18(3)11(2)10-19-4/h6-8,11,14H,5,9-10,17H2,1-4H3. The Morgan fingerprint density at radius 2 is 2.11 bits per heavy atom. The summed E-state index contributed by atoms with van der Waals surface area (Å²) in [5.74, 6) is 1.11. The van der Waals surface area contributed by atoms with Crippen LogP contribution < -0.4 is 10.6 Å². The molecule has 0 aliphatic heterocycles. The fourth-order valence-corrected chi connectivity index (χ4v) is 2.98. The SMILES string of the molecule is CCC(N)Cc1cc(Cl)ccc1N(C)C(C)CSC. The molecule has 19 heavy (non-hydrogen) atoms. The van der Waals surface area contributed by atoms with Crippen LogP contribution in [0, 0.1) is 0 Å². The van der Waals surface area contributed by atoms with Gasteiger partial charge in [-0.2, -0.15) is 11.8 Å². The van der Waals surface area contributed by atoms with Crippen LogP contribution in [0.1, 0.15) is 25.8 Å². The molecule has 2 N–H and O–H groups in total. The van der Waals surface area contributed by atoms with Crippen molar-refractivity contribution in [3.8, 4) is 0 Å². The topological polar surface area (TPSA) is 29.3 Å². The van der Waals surface area contributed by atoms with Gasteiger partial charge in [-0.15, -0.1) is 0 Å². The molecule has 0 aliphatic rings. The minimum Gasteiger partial charge on any atom is -0.371 e. The Balaban J connectivity index is 2.98. The lowest BCUT2D eigenvalue weighted by Gasteiger charge is -2.29. The summed E-state index contributed by atoms with van der Waals surface area (Å²) in [5.41, 5.74) is 8.59. The van der Waals surface area contributed by atoms with Crippen molar-refractivity contribution in [2.75, 3.05) is 24.0 Å². The van der Waals surface area contributed by atoms with Gasteiger partial charge in [0.15, 0.2) is 0 Å². The highest BCUT2D eigenvalue weighted by molar-refractivity contribution is 7.98. The van der Waals surface area contributed by atoms with E-state index in [0.717, 1.165) is 23.6 Å². The van der Waals surface area contributed by atoms with Crippen molar-refractivity contribution >= 4 is 29.1 Å². The molecule has 108 valence electrons. The molecule has 0 aromatic heterocycles. The Morgan fingerprint density at radius 1 is 1.42 bits per heavy atom. The smallest absolute Gasteiger partial charge is 0.0410 e. The van der Waals surface area contributed by atoms with E-state index >= 15 is 0 Å². The first-order valence-corrected chi connectivity index (χ1v) is 8.52. The largest absolute Gasteiger partial charge is 0.371 e. The Morgan fingerprint density at radius 3 is 2.68 bits per heavy atom. The summed E-state index contributed by atoms with van der Waals surface area (Å²) in [4.78, 5) is 2.32. The second kappa shape index (κ2) is 8.03. The number of hydrogen-bond donors (Lipinski definition) is 1. The quantitative estimate of drug-likeness (QED) is 0.830. The number of halogens is 1. The molecule has 0 amide bonds. The minimum absolute atomic E-state index is 0.196. The predicted octanol–water partition coefficient (Wildman–Crippen LogP) is 3.81. The number of benzene rings is 1. The van der Waals surface area contributed by atoms with Crippen molar-refractivity contribution in [2.24, 2.45) is 5.73 Å². The first kappa shape index (κ1) is 16.7. The zero-order valence-corrected chi connectivity index (χ0v) is 13.9. The number of anilines is 1. The first-order chi connectivity index (χ1) is 8.99. The minimum atomic E-state index is 0.196. The summed E-state index contributed by atoms with van der Waals surface area (Å²) in [6.07, 6.45) is 4.00. The third-order valence-electron chi connectivity index (χ3n) is 3.50. The van der Waals surface area contributed by atoms with Crippen LogP contribution in [0.4, 0.5) is 5.69 Å². The van der Waals surface area contributed by atoms with E-state index in [1.165, 1.54) is 11.3 Å². The highest BCUT2D eigenvalue weighted by Gasteiger charge is 2.15. The molecule has 2 atom stereocenters. The Hall–Kier alpha value is -0.380. The van der Waals surface area contributed by atoms with Crippen molar-refractivity contribution in [3.63, 3.8) is 0 Å². The fourth-order valence-electron chi connectivity index (χ4n) is 2.08. The van der Waals surface area contributed by atoms with E-state index in [2.05, 4.69) is 44.2 Å². The molecule has 0 bridgehead atoms. The molecule has 1 aromatic rings. The van der Waals surface area contributed by atoms with Gasteiger partial charge >= 0.3 is 0 Å². The molecule has 0 radical (unpaired) electrons. The van der Waals surface area contributed by atoms with Gasteiger partial charge in [0, 0.05) is 35.6 Å². The summed E-state index contributed by atoms with van der Waals surface area (Å²) in [7, 11) is 2.14. The predicted molar refractivity (Wildman–Crippen MR) is 89.7 cm³/mol. The van der Waals surface area contributed by atoms with E-state index in [9.17, 15) is 0 Å². The summed E-state index contributed by atoms with van der Waals surface area (Å²) >= 11 is 7.99. The zero-order valence-electron chi connectivity index (χ0n) is 12.3. The second-order valence-electron chi connectivity index (χ2n) is 5.06. The molecule has 4 heteroatoms. The van der Waals surface area contributed by atoms with E-state index in [1.807, 2.05) is 17.8 Å². The van der Waals surface area contributed by atoms with E-state index in [0.29, 0.717) is 6.04 Å². The maximum Gasteiger partial charge on any atom is 0.0410 e. The molecule has 0 aliphatic carbocycles. The van der Waals surface area contributed by atoms with Crippen LogP contribution in [0.2, 0.25) is 5.02 Å². The lowest BCUT2D eigenvalue weighted by Crippen LogP contribution is -2.32. The maximum absolute atomic E-state index is 6.13. The summed E-state index contributed by atoms with van der Waals surface area (Å²) in [5, 5.41) is 0.785. The Labute approximate surface area is 126 Å². The van der Waals surface area contributed by atoms with Gasteiger partial charge in [0.1, 0.15) is 0 Å². The van der Waals surface area contributed by atoms with Crippen molar-refractivity contribution < 1.29 is 0 Å². The highest BCUT2D eigenvalue weighted by atomic mass is 35.5. The summed E-state index contributed by atoms with van der Waals surface area (Å²) < 4.78 is 0. The number of nitrogens with zero attached hydrogens (tertiary/aromatic N) is 1. The number of rotatable bonds is 7. The van der Waals surface area contributed by atoms with E-state index in [-0.39, 0.29) is 6.04 Å². The summed E-state index contributed by atoms with van der Waals surface area (Å²) in [6, 6.07) is 6.81. The van der Waals surface area contributed by atoms with Gasteiger partial charge in [0.2, 0.25) is 0 Å². The van der Waals surface area contributed by atoms with E-state index in [1.54, 1.807) is 0 Å². The molecule has 1 rings (SSSR count). The third-order valence-corrected chi connectivity index (χ3v) is 4.55. The molecule has 1 aromatic carbocycles. The number of thioether (sulfide) groups is 1. The number of hydrogen-bond acceptors (Lipinski definition) is 3. The molecule has 0 saturated heterocycles. The zero-order chi connectivity index (χ0) is 14.4.